The van der Waals surface area contributed by atoms with Crippen LogP contribution in [0.25, 0.3) is 0 Å². The minimum atomic E-state index is 0.415. The molecule has 5 nitrogen and oxygen atoms in total. The van der Waals surface area contributed by atoms with Crippen LogP contribution in [-0.2, 0) is 24.4 Å². The Bertz CT molecular complexity index is 676. The molecule has 0 bridgehead atoms. The highest BCUT2D eigenvalue weighted by atomic mass is 32.1. The van der Waals surface area contributed by atoms with E-state index in [-0.39, 0.29) is 0 Å². The topological polar surface area (TPSA) is 43.2 Å². The van der Waals surface area contributed by atoms with Crippen LogP contribution >= 0.6 is 11.3 Å². The summed E-state index contributed by atoms with van der Waals surface area (Å²) in [4.78, 5) is 12.9. The number of hydrogen-bond acceptors (Lipinski definition) is 5. The van der Waals surface area contributed by atoms with E-state index >= 15 is 0 Å². The van der Waals surface area contributed by atoms with Crippen LogP contribution in [-0.4, -0.2) is 39.7 Å². The Morgan fingerprint density at radius 1 is 1.35 bits per heavy atom. The number of methoxy groups -OCH3 is 1. The van der Waals surface area contributed by atoms with Crippen LogP contribution in [0, 0.1) is 12.8 Å². The highest BCUT2D eigenvalue weighted by Crippen LogP contribution is 2.35. The normalized spacial score (nSPS) is 21.6. The van der Waals surface area contributed by atoms with Crippen molar-refractivity contribution >= 4 is 11.3 Å². The Hall–Kier alpha value is -1.24. The van der Waals surface area contributed by atoms with Gasteiger partial charge in [0, 0.05) is 49.8 Å². The van der Waals surface area contributed by atoms with Crippen LogP contribution in [0.2, 0.25) is 0 Å². The fourth-order valence-corrected chi connectivity index (χ4v) is 4.38. The molecule has 1 aliphatic carbocycles. The fourth-order valence-electron chi connectivity index (χ4n) is 3.56. The largest absolute Gasteiger partial charge is 0.384 e. The molecule has 1 aliphatic heterocycles. The highest BCUT2D eigenvalue weighted by molar-refractivity contribution is 7.09. The van der Waals surface area contributed by atoms with E-state index in [4.69, 9.17) is 9.72 Å². The number of ether oxygens (including phenoxy) is 1. The summed E-state index contributed by atoms with van der Waals surface area (Å²) in [6.45, 7) is 6.93. The SMILES string of the molecule is COCC1CN(Cc2scnc2C)Cc2ncn(CC3CC3)c21. The molecule has 0 spiro atoms. The Morgan fingerprint density at radius 2 is 2.22 bits per heavy atom. The van der Waals surface area contributed by atoms with Gasteiger partial charge in [0.05, 0.1) is 29.8 Å². The van der Waals surface area contributed by atoms with Crippen LogP contribution in [0.5, 0.6) is 0 Å². The van der Waals surface area contributed by atoms with Crippen molar-refractivity contribution in [3.8, 4) is 0 Å². The van der Waals surface area contributed by atoms with Crippen molar-refractivity contribution in [2.45, 2.75) is 45.3 Å². The second-order valence-electron chi connectivity index (χ2n) is 6.86. The summed E-state index contributed by atoms with van der Waals surface area (Å²) in [6, 6.07) is 0. The first kappa shape index (κ1) is 15.3. The van der Waals surface area contributed by atoms with E-state index in [2.05, 4.69) is 21.4 Å². The molecule has 4 rings (SSSR count). The van der Waals surface area contributed by atoms with Gasteiger partial charge in [-0.1, -0.05) is 0 Å². The lowest BCUT2D eigenvalue weighted by atomic mass is 9.98. The van der Waals surface area contributed by atoms with Crippen molar-refractivity contribution in [3.05, 3.63) is 33.8 Å². The van der Waals surface area contributed by atoms with E-state index in [1.165, 1.54) is 29.1 Å². The second kappa shape index (κ2) is 6.34. The number of hydrogen-bond donors (Lipinski definition) is 0. The lowest BCUT2D eigenvalue weighted by molar-refractivity contribution is 0.132. The summed E-state index contributed by atoms with van der Waals surface area (Å²) in [5.41, 5.74) is 5.75. The average Bonchev–Trinajstić information content (AvgIpc) is 3.13. The van der Waals surface area contributed by atoms with Gasteiger partial charge in [0.2, 0.25) is 0 Å². The third-order valence-corrected chi connectivity index (χ3v) is 5.85. The standard InChI is InChI=1S/C17H24N4OS/c1-12-16(23-11-19-12)8-20-6-14(9-22-2)17-15(7-20)18-10-21(17)5-13-3-4-13/h10-11,13-14H,3-9H2,1-2H3. The maximum atomic E-state index is 5.51. The smallest absolute Gasteiger partial charge is 0.0952 e. The molecule has 2 aliphatic rings. The van der Waals surface area contributed by atoms with Crippen molar-refractivity contribution in [2.75, 3.05) is 20.3 Å². The number of aromatic nitrogens is 3. The van der Waals surface area contributed by atoms with Gasteiger partial charge >= 0.3 is 0 Å². The Kier molecular flexibility index (Phi) is 4.22. The molecule has 6 heteroatoms. The number of rotatable bonds is 6. The molecule has 1 atom stereocenters. The Morgan fingerprint density at radius 3 is 2.91 bits per heavy atom. The van der Waals surface area contributed by atoms with Crippen molar-refractivity contribution < 1.29 is 4.74 Å². The minimum Gasteiger partial charge on any atom is -0.384 e. The van der Waals surface area contributed by atoms with Gasteiger partial charge in [-0.05, 0) is 25.7 Å². The third kappa shape index (κ3) is 3.20. The van der Waals surface area contributed by atoms with Gasteiger partial charge in [-0.25, -0.2) is 9.97 Å². The molecule has 0 amide bonds. The monoisotopic (exact) mass is 332 g/mol. The minimum absolute atomic E-state index is 0.415. The van der Waals surface area contributed by atoms with Gasteiger partial charge in [-0.15, -0.1) is 11.3 Å². The fraction of sp³-hybridized carbons (Fsp3) is 0.647. The number of thiazole rings is 1. The molecule has 2 aromatic heterocycles. The molecule has 124 valence electrons. The van der Waals surface area contributed by atoms with Gasteiger partial charge in [-0.2, -0.15) is 0 Å². The lowest BCUT2D eigenvalue weighted by Gasteiger charge is -2.32. The van der Waals surface area contributed by atoms with E-state index in [1.807, 2.05) is 11.8 Å². The lowest BCUT2D eigenvalue weighted by Crippen LogP contribution is -2.36. The highest BCUT2D eigenvalue weighted by Gasteiger charge is 2.32. The molecule has 0 N–H and O–H groups in total. The zero-order chi connectivity index (χ0) is 15.8. The van der Waals surface area contributed by atoms with Gasteiger partial charge in [0.1, 0.15) is 0 Å². The summed E-state index contributed by atoms with van der Waals surface area (Å²) in [5, 5.41) is 0. The number of imidazole rings is 1. The van der Waals surface area contributed by atoms with Crippen molar-refractivity contribution in [1.29, 1.82) is 0 Å². The summed E-state index contributed by atoms with van der Waals surface area (Å²) in [7, 11) is 1.80. The number of fused-ring (bicyclic) bond motifs is 1. The molecule has 1 unspecified atom stereocenters. The molecule has 0 aromatic carbocycles. The summed E-state index contributed by atoms with van der Waals surface area (Å²) < 4.78 is 7.91. The number of nitrogens with zero attached hydrogens (tertiary/aromatic N) is 4. The molecule has 3 heterocycles. The van der Waals surface area contributed by atoms with Crippen LogP contribution in [0.15, 0.2) is 11.8 Å². The van der Waals surface area contributed by atoms with E-state index in [1.54, 1.807) is 18.4 Å². The van der Waals surface area contributed by atoms with Crippen molar-refractivity contribution in [2.24, 2.45) is 5.92 Å². The predicted molar refractivity (Wildman–Crippen MR) is 90.5 cm³/mol. The van der Waals surface area contributed by atoms with Gasteiger partial charge < -0.3 is 9.30 Å². The van der Waals surface area contributed by atoms with Crippen molar-refractivity contribution in [1.82, 2.24) is 19.4 Å². The first-order chi connectivity index (χ1) is 11.2. The summed E-state index contributed by atoms with van der Waals surface area (Å²) in [6.07, 6.45) is 4.80. The first-order valence-corrected chi connectivity index (χ1v) is 9.26. The molecular weight excluding hydrogens is 308 g/mol. The summed E-state index contributed by atoms with van der Waals surface area (Å²) in [5.74, 6) is 1.28. The van der Waals surface area contributed by atoms with Crippen molar-refractivity contribution in [3.63, 3.8) is 0 Å². The van der Waals surface area contributed by atoms with Gasteiger partial charge in [0.25, 0.3) is 0 Å². The maximum absolute atomic E-state index is 5.51. The maximum Gasteiger partial charge on any atom is 0.0952 e. The first-order valence-electron chi connectivity index (χ1n) is 8.38. The van der Waals surface area contributed by atoms with E-state index in [0.717, 1.165) is 44.4 Å². The second-order valence-corrected chi connectivity index (χ2v) is 7.79. The average molecular weight is 332 g/mol. The Balaban J connectivity index is 1.55. The van der Waals surface area contributed by atoms with Crippen LogP contribution < -0.4 is 0 Å². The molecule has 23 heavy (non-hydrogen) atoms. The van der Waals surface area contributed by atoms with E-state index < -0.39 is 0 Å². The van der Waals surface area contributed by atoms with Crippen LogP contribution in [0.3, 0.4) is 0 Å². The third-order valence-electron chi connectivity index (χ3n) is 4.93. The molecule has 1 saturated carbocycles. The zero-order valence-electron chi connectivity index (χ0n) is 13.9. The van der Waals surface area contributed by atoms with Crippen LogP contribution in [0.1, 0.15) is 40.7 Å². The number of aryl methyl sites for hydroxylation is 1. The molecule has 1 fully saturated rings. The van der Waals surface area contributed by atoms with E-state index in [0.29, 0.717) is 5.92 Å². The zero-order valence-corrected chi connectivity index (χ0v) is 14.7. The predicted octanol–water partition coefficient (Wildman–Crippen LogP) is 2.80. The summed E-state index contributed by atoms with van der Waals surface area (Å²) >= 11 is 1.75. The van der Waals surface area contributed by atoms with Gasteiger partial charge in [-0.3, -0.25) is 4.90 Å². The quantitative estimate of drug-likeness (QED) is 0.816. The van der Waals surface area contributed by atoms with E-state index in [9.17, 15) is 0 Å². The molecular formula is C17H24N4OS. The molecule has 0 radical (unpaired) electrons. The molecule has 2 aromatic rings. The van der Waals surface area contributed by atoms with Crippen LogP contribution in [0.4, 0.5) is 0 Å². The Labute approximate surface area is 141 Å². The molecule has 0 saturated heterocycles. The van der Waals surface area contributed by atoms with Gasteiger partial charge in [0.15, 0.2) is 0 Å².